The number of nitrogens with one attached hydrogen (secondary N) is 2. The molecule has 43 heavy (non-hydrogen) atoms. The summed E-state index contributed by atoms with van der Waals surface area (Å²) in [5, 5.41) is 5.73. The van der Waals surface area contributed by atoms with Crippen LogP contribution in [0.5, 0.6) is 0 Å². The number of nitrogens with zero attached hydrogens (tertiary/aromatic N) is 4. The molecule has 3 aliphatic heterocycles. The Bertz CT molecular complexity index is 1180. The average Bonchev–Trinajstić information content (AvgIpc) is 3.56. The molecule has 236 valence electrons. The summed E-state index contributed by atoms with van der Waals surface area (Å²) in [5.74, 6) is -0.974. The van der Waals surface area contributed by atoms with Crippen LogP contribution in [0.1, 0.15) is 63.7 Å². The van der Waals surface area contributed by atoms with Gasteiger partial charge in [-0.2, -0.15) is 0 Å². The van der Waals surface area contributed by atoms with Gasteiger partial charge in [0.2, 0.25) is 17.7 Å². The molecule has 2 N–H and O–H groups in total. The van der Waals surface area contributed by atoms with Crippen molar-refractivity contribution in [1.29, 1.82) is 0 Å². The summed E-state index contributed by atoms with van der Waals surface area (Å²) in [6.45, 7) is 12.0. The summed E-state index contributed by atoms with van der Waals surface area (Å²) in [5.41, 5.74) is 1.73. The van der Waals surface area contributed by atoms with Gasteiger partial charge >= 0.3 is 0 Å². The van der Waals surface area contributed by atoms with Crippen molar-refractivity contribution in [2.45, 2.75) is 71.5 Å². The highest BCUT2D eigenvalue weighted by Crippen LogP contribution is 2.32. The lowest BCUT2D eigenvalue weighted by molar-refractivity contribution is -0.139. The van der Waals surface area contributed by atoms with Gasteiger partial charge in [-0.3, -0.25) is 24.0 Å². The Morgan fingerprint density at radius 1 is 0.977 bits per heavy atom. The number of ketones is 1. The molecule has 11 heteroatoms. The van der Waals surface area contributed by atoms with Gasteiger partial charge in [-0.1, -0.05) is 27.2 Å². The second kappa shape index (κ2) is 14.3. The van der Waals surface area contributed by atoms with E-state index in [9.17, 15) is 24.0 Å². The molecule has 0 radical (unpaired) electrons. The molecule has 0 aromatic heterocycles. The number of piperazine rings is 1. The van der Waals surface area contributed by atoms with Crippen molar-refractivity contribution in [3.63, 3.8) is 0 Å². The van der Waals surface area contributed by atoms with Gasteiger partial charge in [-0.05, 0) is 56.0 Å². The second-order valence-electron chi connectivity index (χ2n) is 12.6. The number of fused-ring (bicyclic) bond motifs is 1. The van der Waals surface area contributed by atoms with Crippen LogP contribution in [0.4, 0.5) is 5.69 Å². The number of likely N-dealkylation sites (tertiary alicyclic amines) is 2. The van der Waals surface area contributed by atoms with E-state index in [1.165, 1.54) is 6.92 Å². The van der Waals surface area contributed by atoms with E-state index in [2.05, 4.69) is 27.5 Å². The first kappa shape index (κ1) is 32.4. The van der Waals surface area contributed by atoms with Gasteiger partial charge in [-0.25, -0.2) is 0 Å². The minimum Gasteiger partial charge on any atom is -0.369 e. The highest BCUT2D eigenvalue weighted by Gasteiger charge is 2.52. The van der Waals surface area contributed by atoms with Crippen LogP contribution in [-0.4, -0.2) is 115 Å². The monoisotopic (exact) mass is 596 g/mol. The molecule has 5 unspecified atom stereocenters. The lowest BCUT2D eigenvalue weighted by Gasteiger charge is -2.34. The van der Waals surface area contributed by atoms with Gasteiger partial charge < -0.3 is 30.2 Å². The normalized spacial score (nSPS) is 22.6. The number of hydrogen-bond donors (Lipinski definition) is 2. The van der Waals surface area contributed by atoms with E-state index in [1.807, 2.05) is 45.0 Å². The summed E-state index contributed by atoms with van der Waals surface area (Å²) in [4.78, 5) is 72.0. The van der Waals surface area contributed by atoms with Crippen LogP contribution in [0.2, 0.25) is 0 Å². The van der Waals surface area contributed by atoms with E-state index in [0.717, 1.165) is 31.9 Å². The number of rotatable bonds is 11. The van der Waals surface area contributed by atoms with E-state index >= 15 is 0 Å². The SMILES string of the molecule is CCC(C)C(NC(C)=O)C(=O)N1CC(=O)C2C1CCN2C(=O)CC(C)CCNC(=O)c1ccc(N2CCN(C)CC2)cc1. The van der Waals surface area contributed by atoms with Crippen LogP contribution < -0.4 is 15.5 Å². The summed E-state index contributed by atoms with van der Waals surface area (Å²) < 4.78 is 0. The maximum Gasteiger partial charge on any atom is 0.251 e. The first-order chi connectivity index (χ1) is 20.5. The molecule has 11 nitrogen and oxygen atoms in total. The number of benzene rings is 1. The zero-order chi connectivity index (χ0) is 31.3. The minimum absolute atomic E-state index is 0.00949. The number of Topliss-reactive ketones (excluding diaryl/α,β-unsaturated/α-hetero) is 1. The fraction of sp³-hybridized carbons (Fsp3) is 0.656. The van der Waals surface area contributed by atoms with Gasteiger partial charge in [-0.15, -0.1) is 0 Å². The van der Waals surface area contributed by atoms with Crippen LogP contribution >= 0.6 is 0 Å². The van der Waals surface area contributed by atoms with Gasteiger partial charge in [0.1, 0.15) is 12.1 Å². The third-order valence-electron chi connectivity index (χ3n) is 9.31. The smallest absolute Gasteiger partial charge is 0.251 e. The predicted octanol–water partition coefficient (Wildman–Crippen LogP) is 1.52. The van der Waals surface area contributed by atoms with E-state index in [1.54, 1.807) is 9.80 Å². The molecular weight excluding hydrogens is 548 g/mol. The fourth-order valence-electron chi connectivity index (χ4n) is 6.41. The number of amides is 4. The molecule has 1 aromatic rings. The third kappa shape index (κ3) is 7.74. The Morgan fingerprint density at radius 2 is 1.65 bits per heavy atom. The Balaban J connectivity index is 1.24. The van der Waals surface area contributed by atoms with E-state index in [0.29, 0.717) is 37.9 Å². The maximum absolute atomic E-state index is 13.4. The summed E-state index contributed by atoms with van der Waals surface area (Å²) in [7, 11) is 2.12. The number of hydrogen-bond acceptors (Lipinski definition) is 7. The number of carbonyl (C=O) groups excluding carboxylic acids is 5. The Kier molecular flexibility index (Phi) is 10.8. The van der Waals surface area contributed by atoms with Crippen LogP contribution in [-0.2, 0) is 19.2 Å². The highest BCUT2D eigenvalue weighted by atomic mass is 16.2. The molecule has 3 heterocycles. The molecule has 3 aliphatic rings. The average molecular weight is 597 g/mol. The number of likely N-dealkylation sites (N-methyl/N-ethyl adjacent to an activating group) is 1. The summed E-state index contributed by atoms with van der Waals surface area (Å²) in [6.07, 6.45) is 2.14. The van der Waals surface area contributed by atoms with Crippen molar-refractivity contribution >= 4 is 35.1 Å². The van der Waals surface area contributed by atoms with Crippen LogP contribution in [0.3, 0.4) is 0 Å². The Labute approximate surface area is 255 Å². The first-order valence-corrected chi connectivity index (χ1v) is 15.7. The zero-order valence-electron chi connectivity index (χ0n) is 26.3. The summed E-state index contributed by atoms with van der Waals surface area (Å²) >= 11 is 0. The first-order valence-electron chi connectivity index (χ1n) is 15.7. The van der Waals surface area contributed by atoms with Gasteiger partial charge in [0.05, 0.1) is 12.6 Å². The van der Waals surface area contributed by atoms with Crippen molar-refractivity contribution < 1.29 is 24.0 Å². The van der Waals surface area contributed by atoms with Crippen molar-refractivity contribution in [2.24, 2.45) is 11.8 Å². The van der Waals surface area contributed by atoms with E-state index in [4.69, 9.17) is 0 Å². The molecule has 3 fully saturated rings. The van der Waals surface area contributed by atoms with Crippen molar-refractivity contribution in [3.8, 4) is 0 Å². The second-order valence-corrected chi connectivity index (χ2v) is 12.6. The Morgan fingerprint density at radius 3 is 2.28 bits per heavy atom. The third-order valence-corrected chi connectivity index (χ3v) is 9.31. The zero-order valence-corrected chi connectivity index (χ0v) is 26.3. The quantitative estimate of drug-likeness (QED) is 0.397. The standard InChI is InChI=1S/C32H48N6O5/c1-6-22(3)29(34-23(4)39)32(43)38-20-27(40)30-26(38)12-14-37(30)28(41)19-21(2)11-13-33-31(42)24-7-9-25(10-8-24)36-17-15-35(5)16-18-36/h7-10,21-22,26,29-30H,6,11-20H2,1-5H3,(H,33,42)(H,34,39). The Hall–Kier alpha value is -3.47. The van der Waals surface area contributed by atoms with E-state index < -0.39 is 12.1 Å². The predicted molar refractivity (Wildman–Crippen MR) is 165 cm³/mol. The molecule has 0 bridgehead atoms. The summed E-state index contributed by atoms with van der Waals surface area (Å²) in [6, 6.07) is 6.02. The largest absolute Gasteiger partial charge is 0.369 e. The number of carbonyl (C=O) groups is 5. The topological polar surface area (TPSA) is 122 Å². The van der Waals surface area contributed by atoms with Gasteiger partial charge in [0.25, 0.3) is 5.91 Å². The molecule has 4 amide bonds. The molecule has 1 aromatic carbocycles. The lowest BCUT2D eigenvalue weighted by Crippen LogP contribution is -2.53. The van der Waals surface area contributed by atoms with Crippen LogP contribution in [0, 0.1) is 11.8 Å². The molecule has 0 aliphatic carbocycles. The molecule has 4 rings (SSSR count). The maximum atomic E-state index is 13.4. The lowest BCUT2D eigenvalue weighted by atomic mass is 9.97. The van der Waals surface area contributed by atoms with Crippen molar-refractivity contribution in [2.75, 3.05) is 57.8 Å². The minimum atomic E-state index is -0.691. The highest BCUT2D eigenvalue weighted by molar-refractivity contribution is 5.99. The number of anilines is 1. The van der Waals surface area contributed by atoms with Crippen LogP contribution in [0.15, 0.2) is 24.3 Å². The molecule has 3 saturated heterocycles. The van der Waals surface area contributed by atoms with E-state index in [-0.39, 0.29) is 60.3 Å². The molecule has 0 spiro atoms. The van der Waals surface area contributed by atoms with Crippen molar-refractivity contribution in [1.82, 2.24) is 25.3 Å². The molecular formula is C32H48N6O5. The van der Waals surface area contributed by atoms with Gasteiger partial charge in [0, 0.05) is 63.9 Å². The van der Waals surface area contributed by atoms with Gasteiger partial charge in [0.15, 0.2) is 5.78 Å². The fourth-order valence-corrected chi connectivity index (χ4v) is 6.41. The molecule has 5 atom stereocenters. The molecule has 0 saturated carbocycles. The van der Waals surface area contributed by atoms with Crippen molar-refractivity contribution in [3.05, 3.63) is 29.8 Å². The van der Waals surface area contributed by atoms with Crippen LogP contribution in [0.25, 0.3) is 0 Å².